The minimum atomic E-state index is -0.150. The maximum atomic E-state index is 11.9. The second-order valence-electron chi connectivity index (χ2n) is 5.21. The molecule has 1 aromatic heterocycles. The maximum absolute atomic E-state index is 11.9. The van der Waals surface area contributed by atoms with Gasteiger partial charge in [-0.1, -0.05) is 20.3 Å². The van der Waals surface area contributed by atoms with E-state index in [1.807, 2.05) is 6.92 Å². The number of carbonyl (C=O) groups excluding carboxylic acids is 1. The molecule has 1 heterocycles. The van der Waals surface area contributed by atoms with Gasteiger partial charge in [-0.15, -0.1) is 11.3 Å². The average molecular weight is 296 g/mol. The van der Waals surface area contributed by atoms with Gasteiger partial charge in [0.15, 0.2) is 5.13 Å². The third-order valence-corrected chi connectivity index (χ3v) is 4.81. The number of hydrogen-bond acceptors (Lipinski definition) is 5. The van der Waals surface area contributed by atoms with Crippen LogP contribution in [-0.4, -0.2) is 23.6 Å². The SMILES string of the molecule is CCCC(CC)Nc1nc2c(s1)CCC2C(=O)OCC. The van der Waals surface area contributed by atoms with Crippen molar-refractivity contribution in [2.75, 3.05) is 11.9 Å². The molecule has 20 heavy (non-hydrogen) atoms. The molecule has 0 spiro atoms. The second-order valence-corrected chi connectivity index (χ2v) is 6.29. The van der Waals surface area contributed by atoms with Crippen molar-refractivity contribution in [2.24, 2.45) is 0 Å². The summed E-state index contributed by atoms with van der Waals surface area (Å²) in [5.74, 6) is -0.272. The van der Waals surface area contributed by atoms with Crippen LogP contribution in [0.5, 0.6) is 0 Å². The first-order chi connectivity index (χ1) is 9.69. The predicted molar refractivity (Wildman–Crippen MR) is 82.4 cm³/mol. The number of rotatable bonds is 7. The van der Waals surface area contributed by atoms with E-state index in [2.05, 4.69) is 24.1 Å². The van der Waals surface area contributed by atoms with Crippen molar-refractivity contribution in [1.29, 1.82) is 0 Å². The summed E-state index contributed by atoms with van der Waals surface area (Å²) in [6.07, 6.45) is 5.21. The van der Waals surface area contributed by atoms with Crippen LogP contribution in [-0.2, 0) is 16.0 Å². The van der Waals surface area contributed by atoms with E-state index >= 15 is 0 Å². The quantitative estimate of drug-likeness (QED) is 0.779. The van der Waals surface area contributed by atoms with Crippen LogP contribution in [0.1, 0.15) is 62.9 Å². The molecule has 0 fully saturated rings. The highest BCUT2D eigenvalue weighted by Gasteiger charge is 2.33. The summed E-state index contributed by atoms with van der Waals surface area (Å²) < 4.78 is 5.14. The molecule has 4 nitrogen and oxygen atoms in total. The standard InChI is InChI=1S/C15H24N2O2S/c1-4-7-10(5-2)16-15-17-13-11(14(18)19-6-3)8-9-12(13)20-15/h10-11H,4-9H2,1-3H3,(H,16,17). The van der Waals surface area contributed by atoms with Gasteiger partial charge in [-0.3, -0.25) is 4.79 Å². The van der Waals surface area contributed by atoms with Crippen molar-refractivity contribution in [3.8, 4) is 0 Å². The van der Waals surface area contributed by atoms with Crippen LogP contribution < -0.4 is 5.32 Å². The largest absolute Gasteiger partial charge is 0.465 e. The summed E-state index contributed by atoms with van der Waals surface area (Å²) in [4.78, 5) is 17.8. The Balaban J connectivity index is 2.06. The molecular weight excluding hydrogens is 272 g/mol. The molecule has 0 bridgehead atoms. The summed E-state index contributed by atoms with van der Waals surface area (Å²) in [7, 11) is 0. The summed E-state index contributed by atoms with van der Waals surface area (Å²) in [6, 6.07) is 0.479. The highest BCUT2D eigenvalue weighted by Crippen LogP contribution is 2.39. The molecule has 2 atom stereocenters. The third-order valence-electron chi connectivity index (χ3n) is 3.75. The van der Waals surface area contributed by atoms with Crippen LogP contribution in [0, 0.1) is 0 Å². The number of fused-ring (bicyclic) bond motifs is 1. The maximum Gasteiger partial charge on any atom is 0.315 e. The van der Waals surface area contributed by atoms with Crippen LogP contribution in [0.4, 0.5) is 5.13 Å². The van der Waals surface area contributed by atoms with Crippen molar-refractivity contribution in [3.63, 3.8) is 0 Å². The Morgan fingerprint density at radius 1 is 1.50 bits per heavy atom. The minimum Gasteiger partial charge on any atom is -0.465 e. The van der Waals surface area contributed by atoms with Gasteiger partial charge in [-0.2, -0.15) is 0 Å². The van der Waals surface area contributed by atoms with Crippen molar-refractivity contribution in [2.45, 2.75) is 64.8 Å². The fourth-order valence-electron chi connectivity index (χ4n) is 2.66. The molecule has 1 aliphatic rings. The van der Waals surface area contributed by atoms with Gasteiger partial charge < -0.3 is 10.1 Å². The van der Waals surface area contributed by atoms with Gasteiger partial charge in [0.2, 0.25) is 0 Å². The summed E-state index contributed by atoms with van der Waals surface area (Å²) in [5, 5.41) is 4.47. The van der Waals surface area contributed by atoms with E-state index in [9.17, 15) is 4.79 Å². The molecule has 1 aromatic rings. The number of aryl methyl sites for hydroxylation is 1. The molecule has 1 N–H and O–H groups in total. The lowest BCUT2D eigenvalue weighted by atomic mass is 10.1. The van der Waals surface area contributed by atoms with Crippen LogP contribution in [0.15, 0.2) is 0 Å². The molecule has 1 aliphatic carbocycles. The van der Waals surface area contributed by atoms with Gasteiger partial charge in [-0.25, -0.2) is 4.98 Å². The monoisotopic (exact) mass is 296 g/mol. The molecule has 112 valence electrons. The number of ether oxygens (including phenoxy) is 1. The fraction of sp³-hybridized carbons (Fsp3) is 0.733. The van der Waals surface area contributed by atoms with Crippen LogP contribution >= 0.6 is 11.3 Å². The third kappa shape index (κ3) is 3.32. The molecule has 0 saturated heterocycles. The molecule has 0 aliphatic heterocycles. The van der Waals surface area contributed by atoms with Crippen molar-refractivity contribution in [1.82, 2.24) is 4.98 Å². The number of aromatic nitrogens is 1. The Kier molecular flexibility index (Phi) is 5.40. The molecule has 0 aromatic carbocycles. The predicted octanol–water partition coefficient (Wildman–Crippen LogP) is 3.73. The number of nitrogens with zero attached hydrogens (tertiary/aromatic N) is 1. The van der Waals surface area contributed by atoms with E-state index in [-0.39, 0.29) is 11.9 Å². The molecule has 0 radical (unpaired) electrons. The van der Waals surface area contributed by atoms with Crippen LogP contribution in [0.3, 0.4) is 0 Å². The van der Waals surface area contributed by atoms with E-state index in [0.29, 0.717) is 12.6 Å². The number of nitrogens with one attached hydrogen (secondary N) is 1. The van der Waals surface area contributed by atoms with E-state index < -0.39 is 0 Å². The molecule has 2 rings (SSSR count). The van der Waals surface area contributed by atoms with E-state index in [1.165, 1.54) is 11.3 Å². The zero-order chi connectivity index (χ0) is 14.5. The summed E-state index contributed by atoms with van der Waals surface area (Å²) in [5.41, 5.74) is 0.947. The Morgan fingerprint density at radius 3 is 2.95 bits per heavy atom. The second kappa shape index (κ2) is 7.07. The van der Waals surface area contributed by atoms with E-state index in [4.69, 9.17) is 4.74 Å². The Morgan fingerprint density at radius 2 is 2.30 bits per heavy atom. The number of hydrogen-bond donors (Lipinski definition) is 1. The Bertz CT molecular complexity index is 459. The topological polar surface area (TPSA) is 51.2 Å². The number of esters is 1. The van der Waals surface area contributed by atoms with Gasteiger partial charge >= 0.3 is 5.97 Å². The van der Waals surface area contributed by atoms with Crippen LogP contribution in [0.2, 0.25) is 0 Å². The molecular formula is C15H24N2O2S. The molecule has 2 unspecified atom stereocenters. The lowest BCUT2D eigenvalue weighted by Gasteiger charge is -2.15. The van der Waals surface area contributed by atoms with Gasteiger partial charge in [0.25, 0.3) is 0 Å². The first kappa shape index (κ1) is 15.3. The van der Waals surface area contributed by atoms with E-state index in [1.54, 1.807) is 11.3 Å². The zero-order valence-electron chi connectivity index (χ0n) is 12.6. The lowest BCUT2D eigenvalue weighted by molar-refractivity contribution is -0.145. The lowest BCUT2D eigenvalue weighted by Crippen LogP contribution is -2.18. The van der Waals surface area contributed by atoms with Crippen LogP contribution in [0.25, 0.3) is 0 Å². The van der Waals surface area contributed by atoms with Gasteiger partial charge in [0, 0.05) is 10.9 Å². The van der Waals surface area contributed by atoms with Gasteiger partial charge in [0.05, 0.1) is 12.3 Å². The molecule has 5 heteroatoms. The van der Waals surface area contributed by atoms with Crippen molar-refractivity contribution >= 4 is 22.4 Å². The normalized spacial score (nSPS) is 18.6. The van der Waals surface area contributed by atoms with Gasteiger partial charge in [0.1, 0.15) is 5.92 Å². The first-order valence-corrected chi connectivity index (χ1v) is 8.43. The van der Waals surface area contributed by atoms with Crippen molar-refractivity contribution < 1.29 is 9.53 Å². The molecule has 0 saturated carbocycles. The first-order valence-electron chi connectivity index (χ1n) is 7.62. The smallest absolute Gasteiger partial charge is 0.315 e. The minimum absolute atomic E-state index is 0.122. The molecule has 0 amide bonds. The van der Waals surface area contributed by atoms with E-state index in [0.717, 1.165) is 36.5 Å². The van der Waals surface area contributed by atoms with Crippen molar-refractivity contribution in [3.05, 3.63) is 10.6 Å². The zero-order valence-corrected chi connectivity index (χ0v) is 13.4. The highest BCUT2D eigenvalue weighted by molar-refractivity contribution is 7.15. The summed E-state index contributed by atoms with van der Waals surface area (Å²) >= 11 is 1.70. The highest BCUT2D eigenvalue weighted by atomic mass is 32.1. The Labute approximate surface area is 124 Å². The van der Waals surface area contributed by atoms with Gasteiger partial charge in [-0.05, 0) is 32.6 Å². The Hall–Kier alpha value is -1.10. The number of carbonyl (C=O) groups is 1. The number of thiazole rings is 1. The average Bonchev–Trinajstić information content (AvgIpc) is 2.97. The summed E-state index contributed by atoms with van der Waals surface area (Å²) in [6.45, 7) is 6.67. The fourth-order valence-corrected chi connectivity index (χ4v) is 3.78. The number of anilines is 1.